The zero-order valence-corrected chi connectivity index (χ0v) is 24.9. The molecule has 0 unspecified atom stereocenters. The van der Waals surface area contributed by atoms with Gasteiger partial charge in [0.2, 0.25) is 5.95 Å². The number of piperidine rings is 1. The van der Waals surface area contributed by atoms with Gasteiger partial charge < -0.3 is 33.6 Å². The van der Waals surface area contributed by atoms with Crippen LogP contribution in [0.5, 0.6) is 5.75 Å². The molecule has 0 N–H and O–H groups in total. The number of amides is 2. The lowest BCUT2D eigenvalue weighted by atomic mass is 10.1. The standard InChI is InChI=1S/C29H36F2N10O3/c1-36-10-12-39(13-11-36)29(42)38-8-6-19(7-9-38)40-18-32-23-25(40)34-28(37-14-16-44-17-15-37)35-26(23)41-20-4-3-5-21(43-2)22(20)33-27(41)24(30)31/h3-5,18-19,24H,6-17H2,1-2H3. The van der Waals surface area contributed by atoms with Crippen LogP contribution in [0.2, 0.25) is 0 Å². The lowest BCUT2D eigenvalue weighted by Crippen LogP contribution is -2.53. The Balaban J connectivity index is 1.27. The van der Waals surface area contributed by atoms with Crippen molar-refractivity contribution in [2.45, 2.75) is 25.3 Å². The number of alkyl halides is 2. The Morgan fingerprint density at radius 3 is 2.39 bits per heavy atom. The number of likely N-dealkylation sites (N-methyl/N-ethyl adjacent to an activating group) is 1. The topological polar surface area (TPSA) is 110 Å². The van der Waals surface area contributed by atoms with Crippen LogP contribution in [0.15, 0.2) is 24.5 Å². The molecular weight excluding hydrogens is 574 g/mol. The second-order valence-electron chi connectivity index (χ2n) is 11.5. The Morgan fingerprint density at radius 2 is 1.68 bits per heavy atom. The summed E-state index contributed by atoms with van der Waals surface area (Å²) in [6.07, 6.45) is 0.305. The number of methoxy groups -OCH3 is 1. The van der Waals surface area contributed by atoms with Crippen molar-refractivity contribution in [3.63, 3.8) is 0 Å². The monoisotopic (exact) mass is 610 g/mol. The maximum atomic E-state index is 14.5. The van der Waals surface area contributed by atoms with E-state index in [-0.39, 0.29) is 17.9 Å². The fourth-order valence-corrected chi connectivity index (χ4v) is 6.38. The number of ether oxygens (including phenoxy) is 2. The van der Waals surface area contributed by atoms with E-state index in [1.807, 2.05) is 19.3 Å². The summed E-state index contributed by atoms with van der Waals surface area (Å²) in [5, 5.41) is 0. The number of urea groups is 1. The number of fused-ring (bicyclic) bond motifs is 2. The number of hydrogen-bond donors (Lipinski definition) is 0. The number of rotatable bonds is 5. The number of likely N-dealkylation sites (tertiary alicyclic amines) is 1. The third kappa shape index (κ3) is 5.07. The maximum Gasteiger partial charge on any atom is 0.320 e. The van der Waals surface area contributed by atoms with Gasteiger partial charge in [0.1, 0.15) is 11.3 Å². The van der Waals surface area contributed by atoms with Gasteiger partial charge in [-0.05, 0) is 32.0 Å². The van der Waals surface area contributed by atoms with Gasteiger partial charge in [-0.2, -0.15) is 9.97 Å². The van der Waals surface area contributed by atoms with Crippen LogP contribution in [0.1, 0.15) is 31.1 Å². The second kappa shape index (κ2) is 11.8. The van der Waals surface area contributed by atoms with Gasteiger partial charge >= 0.3 is 6.03 Å². The zero-order chi connectivity index (χ0) is 30.4. The van der Waals surface area contributed by atoms with E-state index in [1.165, 1.54) is 11.7 Å². The molecule has 3 aliphatic heterocycles. The quantitative estimate of drug-likeness (QED) is 0.337. The SMILES string of the molecule is COc1cccc2c1nc(C(F)F)n2-c1nc(N2CCOCC2)nc2c1ncn2C1CCN(C(=O)N2CCN(C)CC2)CC1. The van der Waals surface area contributed by atoms with Crippen molar-refractivity contribution in [3.8, 4) is 11.6 Å². The molecule has 3 aromatic heterocycles. The normalized spacial score (nSPS) is 19.1. The Morgan fingerprint density at radius 1 is 0.955 bits per heavy atom. The average molecular weight is 611 g/mol. The highest BCUT2D eigenvalue weighted by atomic mass is 19.3. The van der Waals surface area contributed by atoms with Gasteiger partial charge in [-0.1, -0.05) is 6.07 Å². The van der Waals surface area contributed by atoms with Gasteiger partial charge in [0.05, 0.1) is 32.2 Å². The molecule has 0 aliphatic carbocycles. The number of carbonyl (C=O) groups excluding carboxylic acids is 1. The first-order valence-corrected chi connectivity index (χ1v) is 15.1. The number of imidazole rings is 2. The Kier molecular flexibility index (Phi) is 7.66. The van der Waals surface area contributed by atoms with E-state index in [2.05, 4.69) is 16.9 Å². The van der Waals surface area contributed by atoms with E-state index < -0.39 is 12.2 Å². The van der Waals surface area contributed by atoms with Crippen LogP contribution in [-0.2, 0) is 4.74 Å². The Hall–Kier alpha value is -4.11. The highest BCUT2D eigenvalue weighted by Crippen LogP contribution is 2.35. The predicted octanol–water partition coefficient (Wildman–Crippen LogP) is 2.95. The minimum atomic E-state index is -2.87. The molecule has 13 nitrogen and oxygen atoms in total. The number of hydrogen-bond acceptors (Lipinski definition) is 9. The summed E-state index contributed by atoms with van der Waals surface area (Å²) >= 11 is 0. The molecule has 0 bridgehead atoms. The third-order valence-electron chi connectivity index (χ3n) is 8.89. The number of benzene rings is 1. The molecule has 0 atom stereocenters. The van der Waals surface area contributed by atoms with Crippen molar-refractivity contribution in [3.05, 3.63) is 30.4 Å². The van der Waals surface area contributed by atoms with Gasteiger partial charge in [-0.25, -0.2) is 23.5 Å². The first kappa shape index (κ1) is 28.6. The molecule has 0 saturated carbocycles. The zero-order valence-electron chi connectivity index (χ0n) is 24.9. The molecule has 234 valence electrons. The minimum absolute atomic E-state index is 0.0334. The van der Waals surface area contributed by atoms with Crippen molar-refractivity contribution in [2.75, 3.05) is 84.6 Å². The van der Waals surface area contributed by atoms with Gasteiger partial charge in [0.25, 0.3) is 6.43 Å². The molecule has 1 aromatic carbocycles. The summed E-state index contributed by atoms with van der Waals surface area (Å²) in [5.74, 6) is 0.613. The predicted molar refractivity (Wildman–Crippen MR) is 159 cm³/mol. The van der Waals surface area contributed by atoms with E-state index in [9.17, 15) is 13.6 Å². The molecular formula is C29H36F2N10O3. The number of carbonyl (C=O) groups is 1. The minimum Gasteiger partial charge on any atom is -0.494 e. The lowest BCUT2D eigenvalue weighted by molar-refractivity contribution is 0.109. The van der Waals surface area contributed by atoms with Crippen molar-refractivity contribution >= 4 is 34.2 Å². The van der Waals surface area contributed by atoms with Crippen molar-refractivity contribution in [1.29, 1.82) is 0 Å². The summed E-state index contributed by atoms with van der Waals surface area (Å²) in [5.41, 5.74) is 1.73. The summed E-state index contributed by atoms with van der Waals surface area (Å²) in [6.45, 7) is 6.65. The van der Waals surface area contributed by atoms with E-state index >= 15 is 0 Å². The molecule has 3 fully saturated rings. The molecule has 7 rings (SSSR count). The molecule has 0 radical (unpaired) electrons. The summed E-state index contributed by atoms with van der Waals surface area (Å²) in [6, 6.07) is 5.29. The molecule has 3 saturated heterocycles. The summed E-state index contributed by atoms with van der Waals surface area (Å²) < 4.78 is 43.5. The van der Waals surface area contributed by atoms with Crippen LogP contribution >= 0.6 is 0 Å². The molecule has 44 heavy (non-hydrogen) atoms. The lowest BCUT2D eigenvalue weighted by Gasteiger charge is -2.39. The van der Waals surface area contributed by atoms with E-state index in [1.54, 1.807) is 24.5 Å². The van der Waals surface area contributed by atoms with Crippen LogP contribution < -0.4 is 9.64 Å². The first-order chi connectivity index (χ1) is 21.4. The Labute approximate surface area is 253 Å². The molecule has 3 aliphatic rings. The summed E-state index contributed by atoms with van der Waals surface area (Å²) in [4.78, 5) is 40.1. The number of nitrogens with zero attached hydrogens (tertiary/aromatic N) is 10. The van der Waals surface area contributed by atoms with E-state index in [4.69, 9.17) is 24.4 Å². The van der Waals surface area contributed by atoms with Gasteiger partial charge in [0, 0.05) is 58.4 Å². The van der Waals surface area contributed by atoms with Crippen LogP contribution in [-0.4, -0.2) is 130 Å². The number of halogens is 2. The Bertz CT molecular complexity index is 1650. The van der Waals surface area contributed by atoms with Gasteiger partial charge in [0.15, 0.2) is 22.8 Å². The third-order valence-corrected chi connectivity index (χ3v) is 8.89. The first-order valence-electron chi connectivity index (χ1n) is 15.1. The van der Waals surface area contributed by atoms with Crippen molar-refractivity contribution in [2.24, 2.45) is 0 Å². The molecule has 0 spiro atoms. The highest BCUT2D eigenvalue weighted by Gasteiger charge is 2.32. The number of para-hydroxylation sites is 1. The smallest absolute Gasteiger partial charge is 0.320 e. The van der Waals surface area contributed by atoms with E-state index in [0.717, 1.165) is 39.0 Å². The van der Waals surface area contributed by atoms with Crippen molar-refractivity contribution in [1.82, 2.24) is 43.8 Å². The van der Waals surface area contributed by atoms with Crippen LogP contribution in [0.3, 0.4) is 0 Å². The number of anilines is 1. The molecule has 4 aromatic rings. The number of morpholine rings is 1. The van der Waals surface area contributed by atoms with E-state index in [0.29, 0.717) is 73.3 Å². The number of piperazine rings is 1. The fraction of sp³-hybridized carbons (Fsp3) is 0.552. The molecule has 6 heterocycles. The van der Waals surface area contributed by atoms with Crippen molar-refractivity contribution < 1.29 is 23.0 Å². The van der Waals surface area contributed by atoms with Crippen LogP contribution in [0.25, 0.3) is 28.0 Å². The maximum absolute atomic E-state index is 14.5. The largest absolute Gasteiger partial charge is 0.494 e. The van der Waals surface area contributed by atoms with Gasteiger partial charge in [-0.3, -0.25) is 4.57 Å². The second-order valence-corrected chi connectivity index (χ2v) is 11.5. The number of aromatic nitrogens is 6. The highest BCUT2D eigenvalue weighted by molar-refractivity contribution is 5.88. The van der Waals surface area contributed by atoms with Crippen LogP contribution in [0.4, 0.5) is 19.5 Å². The van der Waals surface area contributed by atoms with Gasteiger partial charge in [-0.15, -0.1) is 0 Å². The molecule has 15 heteroatoms. The summed E-state index contributed by atoms with van der Waals surface area (Å²) in [7, 11) is 3.56. The van der Waals surface area contributed by atoms with Crippen LogP contribution in [0, 0.1) is 0 Å². The molecule has 2 amide bonds. The fourth-order valence-electron chi connectivity index (χ4n) is 6.38. The average Bonchev–Trinajstić information content (AvgIpc) is 3.67.